The van der Waals surface area contributed by atoms with Crippen molar-refractivity contribution in [1.29, 1.82) is 0 Å². The van der Waals surface area contributed by atoms with Gasteiger partial charge in [0.2, 0.25) is 0 Å². The molecule has 0 amide bonds. The van der Waals surface area contributed by atoms with E-state index < -0.39 is 11.9 Å². The molecule has 4 aromatic carbocycles. The Morgan fingerprint density at radius 3 is 1.03 bits per heavy atom. The largest absolute Gasteiger partial charge is 0.478 e. The van der Waals surface area contributed by atoms with Crippen LogP contribution in [0, 0.1) is 0 Å². The number of carboxylic acid groups (broad SMARTS) is 2. The monoisotopic (exact) mass is 546 g/mol. The first-order chi connectivity index (χ1) is 18.3. The van der Waals surface area contributed by atoms with Crippen LogP contribution in [-0.2, 0) is 0 Å². The van der Waals surface area contributed by atoms with Gasteiger partial charge in [-0.1, -0.05) is 84.9 Å². The predicted molar refractivity (Wildman–Crippen MR) is 154 cm³/mol. The third kappa shape index (κ3) is 9.38. The van der Waals surface area contributed by atoms with Gasteiger partial charge in [0, 0.05) is 22.3 Å². The van der Waals surface area contributed by atoms with Crippen molar-refractivity contribution in [3.63, 3.8) is 0 Å². The third-order valence-corrected chi connectivity index (χ3v) is 5.72. The highest BCUT2D eigenvalue weighted by Gasteiger charge is 2.12. The van der Waals surface area contributed by atoms with E-state index in [1.165, 1.54) is 24.3 Å². The molecular weight excluding hydrogens is 520 g/mol. The number of rotatable bonds is 7. The molecule has 0 aromatic heterocycles. The molecule has 4 aromatic rings. The Kier molecular flexibility index (Phi) is 12.6. The summed E-state index contributed by atoms with van der Waals surface area (Å²) in [4.78, 5) is 45.7. The first-order valence-electron chi connectivity index (χ1n) is 11.4. The van der Waals surface area contributed by atoms with E-state index in [1.54, 1.807) is 72.8 Å². The lowest BCUT2D eigenvalue weighted by Crippen LogP contribution is -2.03. The molecule has 0 aliphatic heterocycles. The maximum absolute atomic E-state index is 12.0. The van der Waals surface area contributed by atoms with Crippen molar-refractivity contribution in [2.45, 2.75) is 0 Å². The Hall–Kier alpha value is -4.14. The molecule has 0 heterocycles. The summed E-state index contributed by atoms with van der Waals surface area (Å²) in [5, 5.41) is 17.7. The molecule has 0 bridgehead atoms. The van der Waals surface area contributed by atoms with Crippen LogP contribution in [0.2, 0.25) is 0 Å². The Morgan fingerprint density at radius 2 is 0.737 bits per heavy atom. The highest BCUT2D eigenvalue weighted by Crippen LogP contribution is 2.13. The van der Waals surface area contributed by atoms with Crippen molar-refractivity contribution < 1.29 is 29.4 Å². The molecule has 2 N–H and O–H groups in total. The van der Waals surface area contributed by atoms with E-state index in [-0.39, 0.29) is 22.7 Å². The van der Waals surface area contributed by atoms with Crippen LogP contribution in [0.5, 0.6) is 0 Å². The molecule has 0 saturated heterocycles. The quantitative estimate of drug-likeness (QED) is 0.165. The van der Waals surface area contributed by atoms with Gasteiger partial charge in [-0.15, -0.1) is 0 Å². The molecule has 8 heteroatoms. The van der Waals surface area contributed by atoms with Crippen LogP contribution >= 0.6 is 25.3 Å². The predicted octanol–water partition coefficient (Wildman–Crippen LogP) is 6.08. The van der Waals surface area contributed by atoms with E-state index in [1.807, 2.05) is 12.1 Å². The zero-order valence-corrected chi connectivity index (χ0v) is 22.0. The molecule has 6 nitrogen and oxygen atoms in total. The van der Waals surface area contributed by atoms with Crippen LogP contribution in [-0.4, -0.2) is 45.2 Å². The number of hydrogen-bond donors (Lipinski definition) is 4. The molecule has 0 aliphatic carbocycles. The van der Waals surface area contributed by atoms with E-state index in [0.29, 0.717) is 22.3 Å². The number of aromatic carboxylic acids is 2. The summed E-state index contributed by atoms with van der Waals surface area (Å²) in [6.07, 6.45) is 0. The summed E-state index contributed by atoms with van der Waals surface area (Å²) >= 11 is 7.69. The zero-order chi connectivity index (χ0) is 27.9. The summed E-state index contributed by atoms with van der Waals surface area (Å²) in [5.74, 6) is -0.658. The van der Waals surface area contributed by atoms with Gasteiger partial charge < -0.3 is 10.2 Å². The van der Waals surface area contributed by atoms with Gasteiger partial charge in [-0.3, -0.25) is 9.59 Å². The van der Waals surface area contributed by atoms with Crippen molar-refractivity contribution in [3.05, 3.63) is 143 Å². The van der Waals surface area contributed by atoms with E-state index in [0.717, 1.165) is 11.5 Å². The van der Waals surface area contributed by atoms with Crippen LogP contribution in [0.3, 0.4) is 0 Å². The zero-order valence-electron chi connectivity index (χ0n) is 20.2. The third-order valence-electron chi connectivity index (χ3n) is 4.92. The maximum Gasteiger partial charge on any atom is 0.335 e. The Labute approximate surface area is 231 Å². The van der Waals surface area contributed by atoms with Crippen LogP contribution in [0.4, 0.5) is 0 Å². The van der Waals surface area contributed by atoms with Crippen LogP contribution in [0.1, 0.15) is 52.6 Å². The fraction of sp³-hybridized carbons (Fsp3) is 0.0667. The fourth-order valence-electron chi connectivity index (χ4n) is 3.10. The Bertz CT molecular complexity index is 1260. The molecule has 0 radical (unpaired) electrons. The molecule has 4 rings (SSSR count). The van der Waals surface area contributed by atoms with Crippen molar-refractivity contribution in [2.75, 3.05) is 11.5 Å². The molecule has 38 heavy (non-hydrogen) atoms. The second kappa shape index (κ2) is 15.9. The van der Waals surface area contributed by atoms with E-state index in [2.05, 4.69) is 25.3 Å². The minimum Gasteiger partial charge on any atom is -0.478 e. The number of carbonyl (C=O) groups is 4. The highest BCUT2D eigenvalue weighted by atomic mass is 32.1. The molecule has 0 saturated carbocycles. The molecule has 0 spiro atoms. The topological polar surface area (TPSA) is 109 Å². The second-order valence-corrected chi connectivity index (χ2v) is 8.50. The number of thiol groups is 2. The van der Waals surface area contributed by atoms with Gasteiger partial charge in [0.25, 0.3) is 0 Å². The lowest BCUT2D eigenvalue weighted by Gasteiger charge is -2.02. The maximum atomic E-state index is 12.0. The van der Waals surface area contributed by atoms with E-state index in [9.17, 15) is 19.2 Å². The van der Waals surface area contributed by atoms with E-state index in [4.69, 9.17) is 10.2 Å². The van der Waals surface area contributed by atoms with Gasteiger partial charge in [0.15, 0.2) is 11.6 Å². The number of carbonyl (C=O) groups excluding carboxylic acids is 2. The SMILES string of the molecule is O=C(O)c1cccc(C(=O)c2ccccc2)c1.O=C(O)c1cccc(C(=O)c2ccccc2)c1.SCCS. The standard InChI is InChI=1S/2C14H10O3.C2H6S2/c2*15-13(10-5-2-1-3-6-10)11-7-4-8-12(9-11)14(16)17;3-1-2-4/h2*1-9H,(H,16,17);3-4H,1-2H2. The molecule has 0 unspecified atom stereocenters. The van der Waals surface area contributed by atoms with Crippen LogP contribution in [0.25, 0.3) is 0 Å². The van der Waals surface area contributed by atoms with Gasteiger partial charge in [-0.05, 0) is 35.8 Å². The number of carboxylic acids is 2. The smallest absolute Gasteiger partial charge is 0.335 e. The minimum atomic E-state index is -1.03. The summed E-state index contributed by atoms with van der Waals surface area (Å²) < 4.78 is 0. The van der Waals surface area contributed by atoms with Crippen molar-refractivity contribution >= 4 is 48.8 Å². The second-order valence-electron chi connectivity index (χ2n) is 7.61. The molecule has 194 valence electrons. The van der Waals surface area contributed by atoms with Crippen molar-refractivity contribution in [1.82, 2.24) is 0 Å². The van der Waals surface area contributed by atoms with Gasteiger partial charge in [-0.25, -0.2) is 9.59 Å². The minimum absolute atomic E-state index is 0.117. The number of benzene rings is 4. The molecule has 0 atom stereocenters. The summed E-state index contributed by atoms with van der Waals surface area (Å²) in [7, 11) is 0. The van der Waals surface area contributed by atoms with Crippen molar-refractivity contribution in [3.8, 4) is 0 Å². The summed E-state index contributed by atoms with van der Waals surface area (Å²) in [5.41, 5.74) is 2.11. The molecule has 0 fully saturated rings. The molecular formula is C30H26O6S2. The van der Waals surface area contributed by atoms with Crippen molar-refractivity contribution in [2.24, 2.45) is 0 Å². The first kappa shape index (κ1) is 30.1. The first-order valence-corrected chi connectivity index (χ1v) is 12.6. The average molecular weight is 547 g/mol. The number of ketones is 2. The Balaban J connectivity index is 0.000000234. The van der Waals surface area contributed by atoms with E-state index >= 15 is 0 Å². The summed E-state index contributed by atoms with van der Waals surface area (Å²) in [6, 6.07) is 29.6. The van der Waals surface area contributed by atoms with Gasteiger partial charge in [0.05, 0.1) is 11.1 Å². The van der Waals surface area contributed by atoms with Gasteiger partial charge >= 0.3 is 11.9 Å². The fourth-order valence-corrected chi connectivity index (χ4v) is 3.10. The van der Waals surface area contributed by atoms with Gasteiger partial charge in [0.1, 0.15) is 0 Å². The normalized spacial score (nSPS) is 9.63. The summed E-state index contributed by atoms with van der Waals surface area (Å²) in [6.45, 7) is 0. The molecule has 0 aliphatic rings. The average Bonchev–Trinajstić information content (AvgIpc) is 2.97. The number of hydrogen-bond acceptors (Lipinski definition) is 6. The lowest BCUT2D eigenvalue weighted by atomic mass is 10.0. The highest BCUT2D eigenvalue weighted by molar-refractivity contribution is 7.84. The van der Waals surface area contributed by atoms with Gasteiger partial charge in [-0.2, -0.15) is 25.3 Å². The lowest BCUT2D eigenvalue weighted by molar-refractivity contribution is 0.0686. The van der Waals surface area contributed by atoms with Crippen LogP contribution < -0.4 is 0 Å². The Morgan fingerprint density at radius 1 is 0.447 bits per heavy atom. The van der Waals surface area contributed by atoms with Crippen LogP contribution in [0.15, 0.2) is 109 Å².